The van der Waals surface area contributed by atoms with Gasteiger partial charge in [0.1, 0.15) is 17.6 Å². The molecule has 0 amide bonds. The standard InChI is InChI=1S/C18H19N3O2/c1-22-15-5-6-16(18(9-15)23-2)17-4-3-7-21(17)14-8-13(10-19)11-20-12-14/h5-6,8-9,11-12,17H,3-4,7H2,1-2H3. The number of rotatable bonds is 4. The molecule has 5 nitrogen and oxygen atoms in total. The summed E-state index contributed by atoms with van der Waals surface area (Å²) >= 11 is 0. The van der Waals surface area contributed by atoms with Gasteiger partial charge in [0, 0.05) is 24.4 Å². The van der Waals surface area contributed by atoms with Crippen LogP contribution in [0.15, 0.2) is 36.7 Å². The molecule has 1 saturated heterocycles. The van der Waals surface area contributed by atoms with Crippen LogP contribution in [0.1, 0.15) is 30.0 Å². The Kier molecular flexibility index (Phi) is 4.33. The Hall–Kier alpha value is -2.74. The van der Waals surface area contributed by atoms with Crippen molar-refractivity contribution in [2.75, 3.05) is 25.7 Å². The third-order valence-corrected chi connectivity index (χ3v) is 4.24. The second-order valence-electron chi connectivity index (χ2n) is 5.50. The first-order chi connectivity index (χ1) is 11.3. The van der Waals surface area contributed by atoms with Gasteiger partial charge in [0.2, 0.25) is 0 Å². The Bertz CT molecular complexity index is 739. The average molecular weight is 309 g/mol. The molecule has 2 aromatic rings. The number of anilines is 1. The number of hydrogen-bond acceptors (Lipinski definition) is 5. The lowest BCUT2D eigenvalue weighted by atomic mass is 10.0. The smallest absolute Gasteiger partial charge is 0.127 e. The Morgan fingerprint density at radius 1 is 1.22 bits per heavy atom. The Labute approximate surface area is 136 Å². The van der Waals surface area contributed by atoms with Gasteiger partial charge in [-0.15, -0.1) is 0 Å². The van der Waals surface area contributed by atoms with Crippen LogP contribution in [0.4, 0.5) is 5.69 Å². The molecule has 0 N–H and O–H groups in total. The van der Waals surface area contributed by atoms with Crippen molar-refractivity contribution in [3.05, 3.63) is 47.8 Å². The number of aromatic nitrogens is 1. The second-order valence-corrected chi connectivity index (χ2v) is 5.50. The average Bonchev–Trinajstić information content (AvgIpc) is 3.10. The van der Waals surface area contributed by atoms with Crippen LogP contribution in [0.2, 0.25) is 0 Å². The molecular formula is C18H19N3O2. The number of methoxy groups -OCH3 is 2. The van der Waals surface area contributed by atoms with Crippen LogP contribution in [0.5, 0.6) is 11.5 Å². The molecule has 5 heteroatoms. The minimum atomic E-state index is 0.214. The molecule has 0 saturated carbocycles. The highest BCUT2D eigenvalue weighted by Crippen LogP contribution is 2.40. The van der Waals surface area contributed by atoms with Gasteiger partial charge in [-0.25, -0.2) is 0 Å². The summed E-state index contributed by atoms with van der Waals surface area (Å²) in [6.07, 6.45) is 5.54. The van der Waals surface area contributed by atoms with Gasteiger partial charge < -0.3 is 14.4 Å². The lowest BCUT2D eigenvalue weighted by Gasteiger charge is -2.28. The molecule has 0 spiro atoms. The Morgan fingerprint density at radius 2 is 2.09 bits per heavy atom. The Balaban J connectivity index is 1.97. The van der Waals surface area contributed by atoms with Gasteiger partial charge in [-0.1, -0.05) is 0 Å². The fourth-order valence-corrected chi connectivity index (χ4v) is 3.14. The van der Waals surface area contributed by atoms with Crippen molar-refractivity contribution < 1.29 is 9.47 Å². The van der Waals surface area contributed by atoms with E-state index < -0.39 is 0 Å². The van der Waals surface area contributed by atoms with Crippen molar-refractivity contribution in [3.8, 4) is 17.6 Å². The molecule has 1 fully saturated rings. The van der Waals surface area contributed by atoms with Crippen LogP contribution in [0.3, 0.4) is 0 Å². The third kappa shape index (κ3) is 2.93. The van der Waals surface area contributed by atoms with Gasteiger partial charge in [0.25, 0.3) is 0 Å². The third-order valence-electron chi connectivity index (χ3n) is 4.24. The summed E-state index contributed by atoms with van der Waals surface area (Å²) in [4.78, 5) is 6.47. The van der Waals surface area contributed by atoms with E-state index in [9.17, 15) is 0 Å². The van der Waals surface area contributed by atoms with Gasteiger partial charge in [0.15, 0.2) is 0 Å². The van der Waals surface area contributed by atoms with E-state index in [4.69, 9.17) is 14.7 Å². The van der Waals surface area contributed by atoms with Crippen molar-refractivity contribution >= 4 is 5.69 Å². The van der Waals surface area contributed by atoms with E-state index >= 15 is 0 Å². The van der Waals surface area contributed by atoms with Gasteiger partial charge in [-0.05, 0) is 31.0 Å². The highest BCUT2D eigenvalue weighted by molar-refractivity contribution is 5.54. The highest BCUT2D eigenvalue weighted by Gasteiger charge is 2.29. The maximum absolute atomic E-state index is 9.09. The normalized spacial score (nSPS) is 16.9. The SMILES string of the molecule is COc1ccc(C2CCCN2c2cncc(C#N)c2)c(OC)c1. The first kappa shape index (κ1) is 15.2. The molecular weight excluding hydrogens is 290 g/mol. The van der Waals surface area contributed by atoms with Crippen LogP contribution < -0.4 is 14.4 Å². The monoisotopic (exact) mass is 309 g/mol. The molecule has 2 heterocycles. The minimum absolute atomic E-state index is 0.214. The van der Waals surface area contributed by atoms with Gasteiger partial charge in [-0.2, -0.15) is 5.26 Å². The van der Waals surface area contributed by atoms with E-state index in [1.165, 1.54) is 0 Å². The van der Waals surface area contributed by atoms with Crippen LogP contribution >= 0.6 is 0 Å². The fourth-order valence-electron chi connectivity index (χ4n) is 3.14. The van der Waals surface area contributed by atoms with E-state index in [-0.39, 0.29) is 6.04 Å². The first-order valence-electron chi connectivity index (χ1n) is 7.60. The van der Waals surface area contributed by atoms with E-state index in [1.807, 2.05) is 24.4 Å². The molecule has 1 atom stereocenters. The molecule has 1 aromatic heterocycles. The lowest BCUT2D eigenvalue weighted by Crippen LogP contribution is -2.23. The van der Waals surface area contributed by atoms with Gasteiger partial charge >= 0.3 is 0 Å². The van der Waals surface area contributed by atoms with Crippen LogP contribution in [-0.4, -0.2) is 25.7 Å². The van der Waals surface area contributed by atoms with E-state index in [2.05, 4.69) is 22.0 Å². The molecule has 118 valence electrons. The van der Waals surface area contributed by atoms with Crippen molar-refractivity contribution in [1.29, 1.82) is 5.26 Å². The molecule has 1 aliphatic rings. The number of benzene rings is 1. The predicted octanol–water partition coefficient (Wildman–Crippen LogP) is 3.31. The molecule has 3 rings (SSSR count). The maximum atomic E-state index is 9.09. The molecule has 23 heavy (non-hydrogen) atoms. The van der Waals surface area contributed by atoms with Crippen LogP contribution in [-0.2, 0) is 0 Å². The zero-order valence-corrected chi connectivity index (χ0v) is 13.3. The summed E-state index contributed by atoms with van der Waals surface area (Å²) in [5.74, 6) is 1.61. The highest BCUT2D eigenvalue weighted by atomic mass is 16.5. The fraction of sp³-hybridized carbons (Fsp3) is 0.333. The van der Waals surface area contributed by atoms with Gasteiger partial charge in [-0.3, -0.25) is 4.98 Å². The van der Waals surface area contributed by atoms with Gasteiger partial charge in [0.05, 0.1) is 37.7 Å². The summed E-state index contributed by atoms with van der Waals surface area (Å²) in [7, 11) is 3.32. The predicted molar refractivity (Wildman–Crippen MR) is 87.8 cm³/mol. The van der Waals surface area contributed by atoms with Crippen LogP contribution in [0, 0.1) is 11.3 Å². The summed E-state index contributed by atoms with van der Waals surface area (Å²) in [5, 5.41) is 9.09. The first-order valence-corrected chi connectivity index (χ1v) is 7.60. The maximum Gasteiger partial charge on any atom is 0.127 e. The van der Waals surface area contributed by atoms with Crippen molar-refractivity contribution in [3.63, 3.8) is 0 Å². The van der Waals surface area contributed by atoms with Crippen molar-refractivity contribution in [2.45, 2.75) is 18.9 Å². The number of nitriles is 1. The summed E-state index contributed by atoms with van der Waals surface area (Å²) in [5.41, 5.74) is 2.69. The number of ether oxygens (including phenoxy) is 2. The minimum Gasteiger partial charge on any atom is -0.497 e. The lowest BCUT2D eigenvalue weighted by molar-refractivity contribution is 0.388. The van der Waals surface area contributed by atoms with Crippen molar-refractivity contribution in [2.24, 2.45) is 0 Å². The number of nitrogens with zero attached hydrogens (tertiary/aromatic N) is 3. The molecule has 1 unspecified atom stereocenters. The zero-order chi connectivity index (χ0) is 16.2. The largest absolute Gasteiger partial charge is 0.497 e. The number of hydrogen-bond donors (Lipinski definition) is 0. The quantitative estimate of drug-likeness (QED) is 0.867. The van der Waals surface area contributed by atoms with Crippen molar-refractivity contribution in [1.82, 2.24) is 4.98 Å². The molecule has 0 aliphatic carbocycles. The van der Waals surface area contributed by atoms with E-state index in [1.54, 1.807) is 20.4 Å². The summed E-state index contributed by atoms with van der Waals surface area (Å²) in [6.45, 7) is 0.941. The van der Waals surface area contributed by atoms with Crippen LogP contribution in [0.25, 0.3) is 0 Å². The second kappa shape index (κ2) is 6.57. The summed E-state index contributed by atoms with van der Waals surface area (Å²) < 4.78 is 10.8. The zero-order valence-electron chi connectivity index (χ0n) is 13.3. The van der Waals surface area contributed by atoms with E-state index in [0.29, 0.717) is 5.56 Å². The number of pyridine rings is 1. The Morgan fingerprint density at radius 3 is 2.83 bits per heavy atom. The molecule has 0 bridgehead atoms. The van der Waals surface area contributed by atoms with E-state index in [0.717, 1.165) is 42.1 Å². The summed E-state index contributed by atoms with van der Waals surface area (Å²) in [6, 6.07) is 10.2. The molecule has 1 aliphatic heterocycles. The molecule has 0 radical (unpaired) electrons. The molecule has 1 aromatic carbocycles. The topological polar surface area (TPSA) is 58.4 Å².